The zero-order valence-electron chi connectivity index (χ0n) is 15.6. The molecule has 1 fully saturated rings. The highest BCUT2D eigenvalue weighted by molar-refractivity contribution is 5.89. The van der Waals surface area contributed by atoms with Crippen molar-refractivity contribution in [1.29, 1.82) is 0 Å². The third kappa shape index (κ3) is 3.67. The van der Waals surface area contributed by atoms with E-state index in [2.05, 4.69) is 28.7 Å². The van der Waals surface area contributed by atoms with Gasteiger partial charge in [0.05, 0.1) is 5.52 Å². The molecule has 2 atom stereocenters. The molecule has 1 aliphatic heterocycles. The zero-order valence-corrected chi connectivity index (χ0v) is 15.6. The highest BCUT2D eigenvalue weighted by Gasteiger charge is 2.35. The Balaban J connectivity index is 1.85. The van der Waals surface area contributed by atoms with Gasteiger partial charge in [-0.15, -0.1) is 0 Å². The first-order valence-electron chi connectivity index (χ1n) is 8.72. The summed E-state index contributed by atoms with van der Waals surface area (Å²) in [5.41, 5.74) is 0.449. The van der Waals surface area contributed by atoms with E-state index in [9.17, 15) is 4.79 Å². The number of aromatic nitrogens is 2. The number of anilines is 1. The highest BCUT2D eigenvalue weighted by Crippen LogP contribution is 2.29. The van der Waals surface area contributed by atoms with Crippen molar-refractivity contribution < 1.29 is 9.53 Å². The standard InChI is InChI=1S/C19H26N4O2/c1-13-10-22(18(24)25-19(3,4)5)11-14(2)23(13)17-15-8-6-7-9-16(15)20-12-21-17/h6-9,12-14H,10-11H2,1-5H3. The van der Waals surface area contributed by atoms with Crippen LogP contribution >= 0.6 is 0 Å². The van der Waals surface area contributed by atoms with Gasteiger partial charge in [-0.3, -0.25) is 0 Å². The van der Waals surface area contributed by atoms with Crippen molar-refractivity contribution in [3.8, 4) is 0 Å². The summed E-state index contributed by atoms with van der Waals surface area (Å²) in [6.07, 6.45) is 1.36. The molecule has 0 radical (unpaired) electrons. The predicted octanol–water partition coefficient (Wildman–Crippen LogP) is 3.46. The number of rotatable bonds is 1. The van der Waals surface area contributed by atoms with Crippen molar-refractivity contribution in [3.63, 3.8) is 0 Å². The molecule has 6 heteroatoms. The first kappa shape index (κ1) is 17.5. The van der Waals surface area contributed by atoms with Gasteiger partial charge >= 0.3 is 6.09 Å². The third-order valence-corrected chi connectivity index (χ3v) is 4.34. The Kier molecular flexibility index (Phi) is 4.54. The van der Waals surface area contributed by atoms with Gasteiger partial charge in [0.1, 0.15) is 17.7 Å². The van der Waals surface area contributed by atoms with Gasteiger partial charge < -0.3 is 14.5 Å². The van der Waals surface area contributed by atoms with E-state index in [1.165, 1.54) is 0 Å². The Bertz CT molecular complexity index is 754. The van der Waals surface area contributed by atoms with Crippen molar-refractivity contribution in [3.05, 3.63) is 30.6 Å². The van der Waals surface area contributed by atoms with Crippen molar-refractivity contribution in [2.24, 2.45) is 0 Å². The van der Waals surface area contributed by atoms with Gasteiger partial charge in [0.15, 0.2) is 0 Å². The Morgan fingerprint density at radius 2 is 1.76 bits per heavy atom. The highest BCUT2D eigenvalue weighted by atomic mass is 16.6. The number of carbonyl (C=O) groups is 1. The summed E-state index contributed by atoms with van der Waals surface area (Å²) >= 11 is 0. The van der Waals surface area contributed by atoms with E-state index in [0.717, 1.165) is 16.7 Å². The minimum absolute atomic E-state index is 0.134. The van der Waals surface area contributed by atoms with Crippen molar-refractivity contribution in [1.82, 2.24) is 14.9 Å². The lowest BCUT2D eigenvalue weighted by Gasteiger charge is -2.45. The molecule has 6 nitrogen and oxygen atoms in total. The lowest BCUT2D eigenvalue weighted by atomic mass is 10.1. The summed E-state index contributed by atoms with van der Waals surface area (Å²) in [5, 5.41) is 1.04. The molecule has 1 aromatic heterocycles. The van der Waals surface area contributed by atoms with Crippen LogP contribution in [-0.2, 0) is 4.74 Å². The van der Waals surface area contributed by atoms with Crippen LogP contribution < -0.4 is 4.90 Å². The number of hydrogen-bond acceptors (Lipinski definition) is 5. The monoisotopic (exact) mass is 342 g/mol. The van der Waals surface area contributed by atoms with Crippen molar-refractivity contribution in [2.45, 2.75) is 52.3 Å². The van der Waals surface area contributed by atoms with E-state index in [4.69, 9.17) is 4.74 Å². The molecular formula is C19H26N4O2. The van der Waals surface area contributed by atoms with Gasteiger partial charge in [0.2, 0.25) is 0 Å². The summed E-state index contributed by atoms with van der Waals surface area (Å²) in [6.45, 7) is 11.1. The van der Waals surface area contributed by atoms with Gasteiger partial charge in [0, 0.05) is 30.6 Å². The van der Waals surface area contributed by atoms with Crippen molar-refractivity contribution in [2.75, 3.05) is 18.0 Å². The summed E-state index contributed by atoms with van der Waals surface area (Å²) in [4.78, 5) is 25.4. The van der Waals surface area contributed by atoms with E-state index in [-0.39, 0.29) is 18.2 Å². The fourth-order valence-corrected chi connectivity index (χ4v) is 3.41. The molecular weight excluding hydrogens is 316 g/mol. The SMILES string of the molecule is CC1CN(C(=O)OC(C)(C)C)CC(C)N1c1ncnc2ccccc12. The van der Waals surface area contributed by atoms with Crippen LogP contribution in [0.4, 0.5) is 10.6 Å². The molecule has 3 rings (SSSR count). The number of ether oxygens (including phenoxy) is 1. The van der Waals surface area contributed by atoms with Gasteiger partial charge in [-0.1, -0.05) is 12.1 Å². The molecule has 0 spiro atoms. The van der Waals surface area contributed by atoms with Gasteiger partial charge in [0.25, 0.3) is 0 Å². The molecule has 1 aromatic carbocycles. The van der Waals surface area contributed by atoms with Gasteiger partial charge in [-0.25, -0.2) is 14.8 Å². The number of hydrogen-bond donors (Lipinski definition) is 0. The Labute approximate surface area is 148 Å². The molecule has 1 amide bonds. The quantitative estimate of drug-likeness (QED) is 0.794. The van der Waals surface area contributed by atoms with E-state index in [0.29, 0.717) is 13.1 Å². The smallest absolute Gasteiger partial charge is 0.410 e. The minimum atomic E-state index is -0.483. The first-order valence-corrected chi connectivity index (χ1v) is 8.72. The molecule has 0 saturated carbocycles. The maximum absolute atomic E-state index is 12.4. The molecule has 25 heavy (non-hydrogen) atoms. The maximum atomic E-state index is 12.4. The summed E-state index contributed by atoms with van der Waals surface area (Å²) in [6, 6.07) is 8.29. The number of benzene rings is 1. The van der Waals surface area contributed by atoms with Gasteiger partial charge in [-0.05, 0) is 46.8 Å². The van der Waals surface area contributed by atoms with Gasteiger partial charge in [-0.2, -0.15) is 0 Å². The van der Waals surface area contributed by atoms with Crippen LogP contribution in [-0.4, -0.2) is 51.7 Å². The predicted molar refractivity (Wildman–Crippen MR) is 98.7 cm³/mol. The van der Waals surface area contributed by atoms with Crippen LogP contribution in [0.5, 0.6) is 0 Å². The molecule has 2 heterocycles. The fraction of sp³-hybridized carbons (Fsp3) is 0.526. The second-order valence-corrected chi connectivity index (χ2v) is 7.71. The van der Waals surface area contributed by atoms with Crippen LogP contribution in [0.25, 0.3) is 10.9 Å². The van der Waals surface area contributed by atoms with E-state index >= 15 is 0 Å². The molecule has 0 bridgehead atoms. The van der Waals surface area contributed by atoms with Crippen LogP contribution in [0, 0.1) is 0 Å². The van der Waals surface area contributed by atoms with Crippen LogP contribution in [0.15, 0.2) is 30.6 Å². The average Bonchev–Trinajstić information content (AvgIpc) is 2.53. The second-order valence-electron chi connectivity index (χ2n) is 7.71. The number of nitrogens with zero attached hydrogens (tertiary/aromatic N) is 4. The molecule has 2 aromatic rings. The van der Waals surface area contributed by atoms with Crippen LogP contribution in [0.1, 0.15) is 34.6 Å². The number of piperazine rings is 1. The Hall–Kier alpha value is -2.37. The number of carbonyl (C=O) groups excluding carboxylic acids is 1. The molecule has 1 aliphatic rings. The van der Waals surface area contributed by atoms with Crippen LogP contribution in [0.3, 0.4) is 0 Å². The number of fused-ring (bicyclic) bond motifs is 1. The van der Waals surface area contributed by atoms with E-state index in [1.807, 2.05) is 45.0 Å². The Morgan fingerprint density at radius 3 is 2.40 bits per heavy atom. The molecule has 2 unspecified atom stereocenters. The lowest BCUT2D eigenvalue weighted by Crippen LogP contribution is -2.59. The topological polar surface area (TPSA) is 58.6 Å². The summed E-state index contributed by atoms with van der Waals surface area (Å²) in [7, 11) is 0. The van der Waals surface area contributed by atoms with Crippen molar-refractivity contribution >= 4 is 22.8 Å². The first-order chi connectivity index (χ1) is 11.8. The average molecular weight is 342 g/mol. The molecule has 0 N–H and O–H groups in total. The molecule has 0 aliphatic carbocycles. The number of amides is 1. The summed E-state index contributed by atoms with van der Waals surface area (Å²) < 4.78 is 5.53. The largest absolute Gasteiger partial charge is 0.444 e. The van der Waals surface area contributed by atoms with E-state index in [1.54, 1.807) is 11.2 Å². The fourth-order valence-electron chi connectivity index (χ4n) is 3.41. The molecule has 134 valence electrons. The van der Waals surface area contributed by atoms with E-state index < -0.39 is 5.60 Å². The maximum Gasteiger partial charge on any atom is 0.410 e. The summed E-state index contributed by atoms with van der Waals surface area (Å²) in [5.74, 6) is 0.925. The zero-order chi connectivity index (χ0) is 18.2. The third-order valence-electron chi connectivity index (χ3n) is 4.34. The lowest BCUT2D eigenvalue weighted by molar-refractivity contribution is 0.0192. The minimum Gasteiger partial charge on any atom is -0.444 e. The molecule has 1 saturated heterocycles. The number of para-hydroxylation sites is 1. The second kappa shape index (κ2) is 6.50. The normalized spacial score (nSPS) is 21.5. The Morgan fingerprint density at radius 1 is 1.12 bits per heavy atom. The van der Waals surface area contributed by atoms with Crippen LogP contribution in [0.2, 0.25) is 0 Å².